The highest BCUT2D eigenvalue weighted by Gasteiger charge is 2.04. The molecule has 0 aromatic carbocycles. The minimum atomic E-state index is 0.111. The zero-order chi connectivity index (χ0) is 7.28. The highest BCUT2D eigenvalue weighted by molar-refractivity contribution is 5.91. The van der Waals surface area contributed by atoms with Gasteiger partial charge in [0.2, 0.25) is 0 Å². The maximum absolute atomic E-state index is 10.8. The van der Waals surface area contributed by atoms with E-state index in [1.165, 1.54) is 12.3 Å². The summed E-state index contributed by atoms with van der Waals surface area (Å²) in [5, 5.41) is 0. The van der Waals surface area contributed by atoms with Gasteiger partial charge in [-0.15, -0.1) is 0 Å². The molecule has 0 heterocycles. The van der Waals surface area contributed by atoms with Crippen LogP contribution in [0, 0.1) is 5.92 Å². The molecule has 1 unspecified atom stereocenters. The first-order valence-corrected chi connectivity index (χ1v) is 3.14. The van der Waals surface area contributed by atoms with E-state index < -0.39 is 0 Å². The molecule has 2 N–H and O–H groups in total. The molecule has 0 radical (unpaired) electrons. The summed E-state index contributed by atoms with van der Waals surface area (Å²) < 4.78 is 0. The van der Waals surface area contributed by atoms with Crippen molar-refractivity contribution in [3.8, 4) is 0 Å². The van der Waals surface area contributed by atoms with Crippen molar-refractivity contribution in [3.63, 3.8) is 0 Å². The zero-order valence-corrected chi connectivity index (χ0v) is 5.92. The maximum Gasteiger partial charge on any atom is 0.159 e. The number of ketones is 1. The summed E-state index contributed by atoms with van der Waals surface area (Å²) in [4.78, 5) is 10.8. The molecule has 0 amide bonds. The van der Waals surface area contributed by atoms with Crippen molar-refractivity contribution in [1.82, 2.24) is 0 Å². The summed E-state index contributed by atoms with van der Waals surface area (Å²) in [6, 6.07) is 0. The van der Waals surface area contributed by atoms with Crippen LogP contribution in [0.2, 0.25) is 0 Å². The maximum atomic E-state index is 10.8. The van der Waals surface area contributed by atoms with E-state index in [4.69, 9.17) is 5.73 Å². The van der Waals surface area contributed by atoms with E-state index in [0.717, 1.165) is 6.42 Å². The molecule has 52 valence electrons. The lowest BCUT2D eigenvalue weighted by molar-refractivity contribution is -0.117. The standard InChI is InChI=1S/C7H13NO/c1-3-6(2)7(9)4-5-8/h4-6H,3,8H2,1-2H3. The Bertz CT molecular complexity index is 118. The molecule has 0 aromatic heterocycles. The molecule has 0 rings (SSSR count). The van der Waals surface area contributed by atoms with E-state index >= 15 is 0 Å². The van der Waals surface area contributed by atoms with Crippen molar-refractivity contribution in [2.75, 3.05) is 0 Å². The topological polar surface area (TPSA) is 43.1 Å². The molecule has 2 heteroatoms. The van der Waals surface area contributed by atoms with Gasteiger partial charge in [-0.2, -0.15) is 0 Å². The van der Waals surface area contributed by atoms with Gasteiger partial charge in [-0.25, -0.2) is 0 Å². The molecule has 0 fully saturated rings. The van der Waals surface area contributed by atoms with Crippen molar-refractivity contribution in [3.05, 3.63) is 12.3 Å². The first-order chi connectivity index (χ1) is 4.22. The van der Waals surface area contributed by atoms with Crippen LogP contribution in [0.4, 0.5) is 0 Å². The predicted molar refractivity (Wildman–Crippen MR) is 37.8 cm³/mol. The Morgan fingerprint density at radius 3 is 2.67 bits per heavy atom. The van der Waals surface area contributed by atoms with Crippen LogP contribution in [0.1, 0.15) is 20.3 Å². The fraction of sp³-hybridized carbons (Fsp3) is 0.571. The lowest BCUT2D eigenvalue weighted by Crippen LogP contribution is -2.06. The van der Waals surface area contributed by atoms with Crippen molar-refractivity contribution in [2.24, 2.45) is 11.7 Å². The van der Waals surface area contributed by atoms with Crippen LogP contribution in [0.25, 0.3) is 0 Å². The fourth-order valence-electron chi connectivity index (χ4n) is 0.460. The average Bonchev–Trinajstić information content (AvgIpc) is 1.87. The van der Waals surface area contributed by atoms with Crippen LogP contribution in [0.5, 0.6) is 0 Å². The van der Waals surface area contributed by atoms with Gasteiger partial charge in [0.25, 0.3) is 0 Å². The Kier molecular flexibility index (Phi) is 3.76. The van der Waals surface area contributed by atoms with Crippen LogP contribution < -0.4 is 5.73 Å². The minimum absolute atomic E-state index is 0.111. The van der Waals surface area contributed by atoms with Gasteiger partial charge < -0.3 is 5.73 Å². The number of hydrogen-bond acceptors (Lipinski definition) is 2. The van der Waals surface area contributed by atoms with Crippen molar-refractivity contribution in [2.45, 2.75) is 20.3 Å². The number of allylic oxidation sites excluding steroid dienone is 1. The Morgan fingerprint density at radius 1 is 1.78 bits per heavy atom. The van der Waals surface area contributed by atoms with Gasteiger partial charge >= 0.3 is 0 Å². The summed E-state index contributed by atoms with van der Waals surface area (Å²) in [6.07, 6.45) is 3.58. The minimum Gasteiger partial charge on any atom is -0.404 e. The number of nitrogens with two attached hydrogens (primary N) is 1. The summed E-state index contributed by atoms with van der Waals surface area (Å²) in [7, 11) is 0. The molecule has 0 aromatic rings. The number of carbonyl (C=O) groups is 1. The largest absolute Gasteiger partial charge is 0.404 e. The number of rotatable bonds is 3. The summed E-state index contributed by atoms with van der Waals surface area (Å²) in [5.41, 5.74) is 5.02. The Labute approximate surface area is 55.7 Å². The van der Waals surface area contributed by atoms with Crippen molar-refractivity contribution >= 4 is 5.78 Å². The zero-order valence-electron chi connectivity index (χ0n) is 5.92. The molecule has 0 bridgehead atoms. The first-order valence-electron chi connectivity index (χ1n) is 3.14. The Balaban J connectivity index is 3.73. The molecule has 0 aliphatic rings. The molecule has 1 atom stereocenters. The summed E-state index contributed by atoms with van der Waals surface area (Å²) in [6.45, 7) is 3.87. The van der Waals surface area contributed by atoms with Crippen molar-refractivity contribution < 1.29 is 4.79 Å². The van der Waals surface area contributed by atoms with Gasteiger partial charge in [-0.1, -0.05) is 13.8 Å². The van der Waals surface area contributed by atoms with E-state index in [0.29, 0.717) is 0 Å². The molecule has 0 aliphatic heterocycles. The first kappa shape index (κ1) is 8.21. The van der Waals surface area contributed by atoms with E-state index in [2.05, 4.69) is 0 Å². The Morgan fingerprint density at radius 2 is 2.33 bits per heavy atom. The van der Waals surface area contributed by atoms with Gasteiger partial charge in [-0.05, 0) is 18.7 Å². The van der Waals surface area contributed by atoms with Gasteiger partial charge in [0.05, 0.1) is 0 Å². The van der Waals surface area contributed by atoms with Crippen LogP contribution in [-0.4, -0.2) is 5.78 Å². The van der Waals surface area contributed by atoms with Gasteiger partial charge in [-0.3, -0.25) is 4.79 Å². The highest BCUT2D eigenvalue weighted by Crippen LogP contribution is 2.01. The predicted octanol–water partition coefficient (Wildman–Crippen LogP) is 1.07. The fourth-order valence-corrected chi connectivity index (χ4v) is 0.460. The van der Waals surface area contributed by atoms with E-state index in [1.54, 1.807) is 0 Å². The quantitative estimate of drug-likeness (QED) is 0.576. The van der Waals surface area contributed by atoms with Gasteiger partial charge in [0.1, 0.15) is 0 Å². The lowest BCUT2D eigenvalue weighted by atomic mass is 10.0. The van der Waals surface area contributed by atoms with Crippen molar-refractivity contribution in [1.29, 1.82) is 0 Å². The lowest BCUT2D eigenvalue weighted by Gasteiger charge is -2.00. The molecule has 0 aliphatic carbocycles. The average molecular weight is 127 g/mol. The van der Waals surface area contributed by atoms with Crippen LogP contribution in [0.15, 0.2) is 12.3 Å². The monoisotopic (exact) mass is 127 g/mol. The SMILES string of the molecule is CCC(C)C(=O)C=CN. The summed E-state index contributed by atoms with van der Waals surface area (Å²) in [5.74, 6) is 0.227. The van der Waals surface area contributed by atoms with Crippen LogP contribution >= 0.6 is 0 Å². The number of carbonyl (C=O) groups excluding carboxylic acids is 1. The number of hydrogen-bond donors (Lipinski definition) is 1. The normalized spacial score (nSPS) is 14.0. The smallest absolute Gasteiger partial charge is 0.159 e. The highest BCUT2D eigenvalue weighted by atomic mass is 16.1. The van der Waals surface area contributed by atoms with E-state index in [1.807, 2.05) is 13.8 Å². The molecule has 0 saturated heterocycles. The Hall–Kier alpha value is -0.790. The second-order valence-electron chi connectivity index (χ2n) is 2.07. The molecule has 2 nitrogen and oxygen atoms in total. The molecule has 0 spiro atoms. The van der Waals surface area contributed by atoms with Gasteiger partial charge in [0, 0.05) is 5.92 Å². The van der Waals surface area contributed by atoms with E-state index in [9.17, 15) is 4.79 Å². The molecule has 0 saturated carbocycles. The van der Waals surface area contributed by atoms with Crippen LogP contribution in [-0.2, 0) is 4.79 Å². The second-order valence-corrected chi connectivity index (χ2v) is 2.07. The third kappa shape index (κ3) is 2.90. The second kappa shape index (κ2) is 4.13. The summed E-state index contributed by atoms with van der Waals surface area (Å²) >= 11 is 0. The van der Waals surface area contributed by atoms with Crippen LogP contribution in [0.3, 0.4) is 0 Å². The van der Waals surface area contributed by atoms with Gasteiger partial charge in [0.15, 0.2) is 5.78 Å². The molecule has 9 heavy (non-hydrogen) atoms. The molecular weight excluding hydrogens is 114 g/mol. The molecular formula is C7H13NO. The third-order valence-corrected chi connectivity index (χ3v) is 1.36. The van der Waals surface area contributed by atoms with E-state index in [-0.39, 0.29) is 11.7 Å². The third-order valence-electron chi connectivity index (χ3n) is 1.36.